The van der Waals surface area contributed by atoms with E-state index >= 15 is 0 Å². The SMILES string of the molecule is C=CCNC(=O)[C@]1(Cc2ccc(-c3ccccc3F)cc2)CCCN(C(=O)C2CC2)C1. The number of benzene rings is 2. The van der Waals surface area contributed by atoms with E-state index in [9.17, 15) is 14.0 Å². The van der Waals surface area contributed by atoms with Gasteiger partial charge < -0.3 is 10.2 Å². The lowest BCUT2D eigenvalue weighted by atomic mass is 9.74. The smallest absolute Gasteiger partial charge is 0.228 e. The molecule has 2 aliphatic rings. The molecule has 31 heavy (non-hydrogen) atoms. The molecule has 2 aromatic carbocycles. The summed E-state index contributed by atoms with van der Waals surface area (Å²) in [5.41, 5.74) is 1.72. The van der Waals surface area contributed by atoms with Crippen LogP contribution in [0.25, 0.3) is 11.1 Å². The Bertz CT molecular complexity index is 968. The lowest BCUT2D eigenvalue weighted by molar-refractivity contribution is -0.142. The Morgan fingerprint density at radius 2 is 1.90 bits per heavy atom. The van der Waals surface area contributed by atoms with Crippen molar-refractivity contribution in [1.29, 1.82) is 0 Å². The fraction of sp³-hybridized carbons (Fsp3) is 0.385. The number of nitrogens with one attached hydrogen (secondary N) is 1. The first kappa shape index (κ1) is 21.3. The number of carbonyl (C=O) groups is 2. The van der Waals surface area contributed by atoms with Gasteiger partial charge in [-0.3, -0.25) is 9.59 Å². The average molecular weight is 421 g/mol. The van der Waals surface area contributed by atoms with Crippen LogP contribution < -0.4 is 5.32 Å². The third kappa shape index (κ3) is 4.71. The van der Waals surface area contributed by atoms with Crippen LogP contribution in [0.2, 0.25) is 0 Å². The molecule has 0 unspecified atom stereocenters. The van der Waals surface area contributed by atoms with Crippen molar-refractivity contribution < 1.29 is 14.0 Å². The molecule has 1 atom stereocenters. The second kappa shape index (κ2) is 9.04. The highest BCUT2D eigenvalue weighted by atomic mass is 19.1. The third-order valence-corrected chi connectivity index (χ3v) is 6.39. The maximum Gasteiger partial charge on any atom is 0.228 e. The van der Waals surface area contributed by atoms with Crippen molar-refractivity contribution >= 4 is 11.8 Å². The zero-order valence-electron chi connectivity index (χ0n) is 17.8. The van der Waals surface area contributed by atoms with Crippen LogP contribution in [-0.4, -0.2) is 36.3 Å². The Balaban J connectivity index is 1.57. The second-order valence-electron chi connectivity index (χ2n) is 8.77. The maximum atomic E-state index is 14.1. The molecule has 2 amide bonds. The molecule has 1 aliphatic heterocycles. The van der Waals surface area contributed by atoms with Gasteiger partial charge in [-0.1, -0.05) is 48.5 Å². The summed E-state index contributed by atoms with van der Waals surface area (Å²) in [6.45, 7) is 5.27. The van der Waals surface area contributed by atoms with Crippen molar-refractivity contribution in [2.75, 3.05) is 19.6 Å². The Morgan fingerprint density at radius 1 is 1.16 bits per heavy atom. The zero-order chi connectivity index (χ0) is 21.8. The number of hydrogen-bond acceptors (Lipinski definition) is 2. The minimum atomic E-state index is -0.661. The maximum absolute atomic E-state index is 14.1. The molecule has 0 radical (unpaired) electrons. The van der Waals surface area contributed by atoms with E-state index in [1.165, 1.54) is 6.07 Å². The number of rotatable bonds is 7. The van der Waals surface area contributed by atoms with Gasteiger partial charge >= 0.3 is 0 Å². The predicted molar refractivity (Wildman–Crippen MR) is 120 cm³/mol. The molecule has 5 heteroatoms. The normalized spacial score (nSPS) is 20.9. The van der Waals surface area contributed by atoms with Gasteiger partial charge in [0.25, 0.3) is 0 Å². The van der Waals surface area contributed by atoms with Crippen molar-refractivity contribution in [3.05, 3.63) is 72.6 Å². The molecule has 1 saturated carbocycles. The van der Waals surface area contributed by atoms with Crippen LogP contribution in [0.3, 0.4) is 0 Å². The first-order chi connectivity index (χ1) is 15.0. The molecule has 0 spiro atoms. The van der Waals surface area contributed by atoms with Crippen LogP contribution in [0.1, 0.15) is 31.2 Å². The molecule has 2 aromatic rings. The van der Waals surface area contributed by atoms with E-state index in [-0.39, 0.29) is 23.5 Å². The molecule has 1 aliphatic carbocycles. The number of likely N-dealkylation sites (tertiary alicyclic amines) is 1. The molecule has 0 aromatic heterocycles. The monoisotopic (exact) mass is 420 g/mol. The summed E-state index contributed by atoms with van der Waals surface area (Å²) >= 11 is 0. The number of carbonyl (C=O) groups excluding carboxylic acids is 2. The molecule has 0 bridgehead atoms. The van der Waals surface area contributed by atoms with Crippen LogP contribution in [-0.2, 0) is 16.0 Å². The molecule has 1 N–H and O–H groups in total. The van der Waals surface area contributed by atoms with Gasteiger partial charge in [0.1, 0.15) is 5.82 Å². The van der Waals surface area contributed by atoms with Crippen molar-refractivity contribution in [1.82, 2.24) is 10.2 Å². The van der Waals surface area contributed by atoms with E-state index in [2.05, 4.69) is 11.9 Å². The highest BCUT2D eigenvalue weighted by molar-refractivity contribution is 5.86. The van der Waals surface area contributed by atoms with E-state index in [1.54, 1.807) is 18.2 Å². The summed E-state index contributed by atoms with van der Waals surface area (Å²) in [5, 5.41) is 2.97. The Kier molecular flexibility index (Phi) is 6.21. The van der Waals surface area contributed by atoms with Gasteiger partial charge in [0.05, 0.1) is 5.41 Å². The summed E-state index contributed by atoms with van der Waals surface area (Å²) in [4.78, 5) is 27.8. The van der Waals surface area contributed by atoms with Gasteiger partial charge in [-0.05, 0) is 49.3 Å². The Hall–Kier alpha value is -2.95. The van der Waals surface area contributed by atoms with Crippen LogP contribution in [0.4, 0.5) is 4.39 Å². The van der Waals surface area contributed by atoms with Crippen LogP contribution in [0.5, 0.6) is 0 Å². The number of nitrogens with zero attached hydrogens (tertiary/aromatic N) is 1. The zero-order valence-corrected chi connectivity index (χ0v) is 17.8. The predicted octanol–water partition coefficient (Wildman–Crippen LogP) is 4.36. The van der Waals surface area contributed by atoms with Crippen LogP contribution in [0.15, 0.2) is 61.2 Å². The summed E-state index contributed by atoms with van der Waals surface area (Å²) in [6, 6.07) is 14.4. The van der Waals surface area contributed by atoms with Crippen LogP contribution >= 0.6 is 0 Å². The molecule has 1 heterocycles. The lowest BCUT2D eigenvalue weighted by Gasteiger charge is -2.42. The average Bonchev–Trinajstić information content (AvgIpc) is 3.63. The molecule has 2 fully saturated rings. The van der Waals surface area contributed by atoms with Crippen molar-refractivity contribution in [2.45, 2.75) is 32.1 Å². The fourth-order valence-electron chi connectivity index (χ4n) is 4.56. The summed E-state index contributed by atoms with van der Waals surface area (Å²) in [5.74, 6) is 0.0542. The van der Waals surface area contributed by atoms with E-state index < -0.39 is 5.41 Å². The molecular weight excluding hydrogens is 391 g/mol. The fourth-order valence-corrected chi connectivity index (χ4v) is 4.56. The van der Waals surface area contributed by atoms with Crippen molar-refractivity contribution in [3.63, 3.8) is 0 Å². The summed E-state index contributed by atoms with van der Waals surface area (Å²) in [7, 11) is 0. The number of hydrogen-bond donors (Lipinski definition) is 1. The second-order valence-corrected chi connectivity index (χ2v) is 8.77. The van der Waals surface area contributed by atoms with Gasteiger partial charge in [0, 0.05) is 31.1 Å². The van der Waals surface area contributed by atoms with Crippen molar-refractivity contribution in [3.8, 4) is 11.1 Å². The first-order valence-electron chi connectivity index (χ1n) is 11.0. The van der Waals surface area contributed by atoms with E-state index in [0.29, 0.717) is 25.1 Å². The quantitative estimate of drug-likeness (QED) is 0.677. The largest absolute Gasteiger partial charge is 0.352 e. The molecule has 1 saturated heterocycles. The van der Waals surface area contributed by atoms with Gasteiger partial charge in [-0.2, -0.15) is 0 Å². The number of amides is 2. The standard InChI is InChI=1S/C26H29FN2O2/c1-2-15-28-25(31)26(14-5-16-29(18-26)24(30)21-12-13-21)17-19-8-10-20(11-9-19)22-6-3-4-7-23(22)27/h2-4,6-11,21H,1,5,12-18H2,(H,28,31)/t26-/m0/s1. The Labute approximate surface area is 183 Å². The summed E-state index contributed by atoms with van der Waals surface area (Å²) < 4.78 is 14.1. The number of piperidine rings is 1. The highest BCUT2D eigenvalue weighted by Gasteiger charge is 2.45. The number of halogens is 1. The molecule has 4 rings (SSSR count). The third-order valence-electron chi connectivity index (χ3n) is 6.39. The lowest BCUT2D eigenvalue weighted by Crippen LogP contribution is -2.54. The molecule has 4 nitrogen and oxygen atoms in total. The van der Waals surface area contributed by atoms with Gasteiger partial charge in [0.15, 0.2) is 0 Å². The van der Waals surface area contributed by atoms with Gasteiger partial charge in [0.2, 0.25) is 11.8 Å². The first-order valence-corrected chi connectivity index (χ1v) is 11.0. The minimum absolute atomic E-state index is 0.0288. The Morgan fingerprint density at radius 3 is 2.58 bits per heavy atom. The molecular formula is C26H29FN2O2. The summed E-state index contributed by atoms with van der Waals surface area (Å²) in [6.07, 6.45) is 5.69. The van der Waals surface area contributed by atoms with E-state index in [4.69, 9.17) is 0 Å². The minimum Gasteiger partial charge on any atom is -0.352 e. The van der Waals surface area contributed by atoms with Gasteiger partial charge in [-0.15, -0.1) is 6.58 Å². The van der Waals surface area contributed by atoms with E-state index in [0.717, 1.165) is 43.4 Å². The molecule has 162 valence electrons. The highest BCUT2D eigenvalue weighted by Crippen LogP contribution is 2.38. The van der Waals surface area contributed by atoms with Crippen molar-refractivity contribution in [2.24, 2.45) is 11.3 Å². The van der Waals surface area contributed by atoms with Crippen LogP contribution in [0, 0.1) is 17.2 Å². The van der Waals surface area contributed by atoms with E-state index in [1.807, 2.05) is 35.2 Å². The van der Waals surface area contributed by atoms with Gasteiger partial charge in [-0.25, -0.2) is 4.39 Å². The topological polar surface area (TPSA) is 49.4 Å².